The van der Waals surface area contributed by atoms with Crippen molar-refractivity contribution in [2.24, 2.45) is 0 Å². The Morgan fingerprint density at radius 2 is 1.95 bits per heavy atom. The molecule has 0 atom stereocenters. The Morgan fingerprint density at radius 1 is 1.16 bits per heavy atom. The fourth-order valence-electron chi connectivity index (χ4n) is 4.45. The third kappa shape index (κ3) is 6.49. The van der Waals surface area contributed by atoms with Gasteiger partial charge in [-0.3, -0.25) is 4.79 Å². The maximum absolute atomic E-state index is 13.5. The first-order valence-corrected chi connectivity index (χ1v) is 12.1. The maximum Gasteiger partial charge on any atom is 0.406 e. The predicted molar refractivity (Wildman–Crippen MR) is 139 cm³/mol. The first-order chi connectivity index (χ1) is 17.8. The second kappa shape index (κ2) is 11.5. The van der Waals surface area contributed by atoms with E-state index in [9.17, 15) is 18.0 Å². The molecule has 0 spiro atoms. The summed E-state index contributed by atoms with van der Waals surface area (Å²) in [6.07, 6.45) is -2.49. The number of nitrogens with one attached hydrogen (secondary N) is 4. The molecule has 10 heteroatoms. The molecule has 196 valence electrons. The van der Waals surface area contributed by atoms with E-state index in [1.165, 1.54) is 11.7 Å². The van der Waals surface area contributed by atoms with Crippen LogP contribution in [0.25, 0.3) is 10.9 Å². The second-order valence-electron chi connectivity index (χ2n) is 8.79. The number of anilines is 2. The third-order valence-electron chi connectivity index (χ3n) is 6.26. The van der Waals surface area contributed by atoms with Gasteiger partial charge in [-0.05, 0) is 68.2 Å². The number of rotatable bonds is 7. The molecule has 0 aliphatic carbocycles. The topological polar surface area (TPSA) is 79.4 Å². The molecule has 4 rings (SSSR count). The molecule has 7 nitrogen and oxygen atoms in total. The van der Waals surface area contributed by atoms with Crippen LogP contribution < -0.4 is 26.0 Å². The van der Waals surface area contributed by atoms with Crippen molar-refractivity contribution in [3.63, 3.8) is 0 Å². The SMILES string of the molecule is CNC(=O)c1ccc(NCC#Cc2cc3c(NC4CCNCC4)cccc3n2CC(F)(F)F)c(OC)c1. The molecule has 2 aromatic carbocycles. The summed E-state index contributed by atoms with van der Waals surface area (Å²) in [6.45, 7) is 0.862. The van der Waals surface area contributed by atoms with Crippen molar-refractivity contribution in [3.8, 4) is 17.6 Å². The Bertz CT molecular complexity index is 1320. The van der Waals surface area contributed by atoms with Crippen LogP contribution in [-0.2, 0) is 6.54 Å². The molecule has 4 N–H and O–H groups in total. The van der Waals surface area contributed by atoms with Gasteiger partial charge in [0, 0.05) is 29.7 Å². The zero-order valence-corrected chi connectivity index (χ0v) is 20.8. The number of benzene rings is 2. The summed E-state index contributed by atoms with van der Waals surface area (Å²) < 4.78 is 47.0. The van der Waals surface area contributed by atoms with E-state index in [0.717, 1.165) is 31.6 Å². The Hall–Kier alpha value is -3.84. The van der Waals surface area contributed by atoms with Crippen LogP contribution in [0.5, 0.6) is 5.75 Å². The van der Waals surface area contributed by atoms with Crippen LogP contribution in [0, 0.1) is 11.8 Å². The van der Waals surface area contributed by atoms with E-state index >= 15 is 0 Å². The number of methoxy groups -OCH3 is 1. The van der Waals surface area contributed by atoms with Gasteiger partial charge in [-0.1, -0.05) is 12.0 Å². The molecule has 1 aliphatic heterocycles. The number of piperidine rings is 1. The maximum atomic E-state index is 13.5. The van der Waals surface area contributed by atoms with Crippen molar-refractivity contribution in [1.82, 2.24) is 15.2 Å². The minimum Gasteiger partial charge on any atom is -0.495 e. The summed E-state index contributed by atoms with van der Waals surface area (Å²) in [6, 6.07) is 12.3. The average Bonchev–Trinajstić information content (AvgIpc) is 3.23. The monoisotopic (exact) mass is 513 g/mol. The molecule has 1 aliphatic rings. The second-order valence-corrected chi connectivity index (χ2v) is 8.79. The Balaban J connectivity index is 1.58. The molecule has 0 unspecified atom stereocenters. The van der Waals surface area contributed by atoms with Crippen molar-refractivity contribution < 1.29 is 22.7 Å². The van der Waals surface area contributed by atoms with Crippen molar-refractivity contribution in [3.05, 3.63) is 53.7 Å². The van der Waals surface area contributed by atoms with Gasteiger partial charge in [0.05, 0.1) is 30.6 Å². The van der Waals surface area contributed by atoms with Gasteiger partial charge in [0.1, 0.15) is 12.3 Å². The van der Waals surface area contributed by atoms with Crippen molar-refractivity contribution in [2.45, 2.75) is 31.6 Å². The lowest BCUT2D eigenvalue weighted by Gasteiger charge is -2.25. The largest absolute Gasteiger partial charge is 0.495 e. The van der Waals surface area contributed by atoms with Crippen LogP contribution in [-0.4, -0.2) is 56.5 Å². The van der Waals surface area contributed by atoms with Crippen LogP contribution >= 0.6 is 0 Å². The first kappa shape index (κ1) is 26.2. The van der Waals surface area contributed by atoms with Gasteiger partial charge >= 0.3 is 6.18 Å². The number of hydrogen-bond acceptors (Lipinski definition) is 5. The molecule has 0 radical (unpaired) electrons. The highest BCUT2D eigenvalue weighted by atomic mass is 19.4. The van der Waals surface area contributed by atoms with Gasteiger partial charge in [-0.15, -0.1) is 0 Å². The number of halogens is 3. The molecule has 1 fully saturated rings. The summed E-state index contributed by atoms with van der Waals surface area (Å²) in [4.78, 5) is 11.9. The van der Waals surface area contributed by atoms with E-state index in [-0.39, 0.29) is 24.2 Å². The van der Waals surface area contributed by atoms with Gasteiger partial charge in [-0.2, -0.15) is 13.2 Å². The van der Waals surface area contributed by atoms with E-state index in [2.05, 4.69) is 33.1 Å². The summed E-state index contributed by atoms with van der Waals surface area (Å²) in [5.41, 5.74) is 2.65. The molecule has 1 aromatic heterocycles. The van der Waals surface area contributed by atoms with Crippen LogP contribution in [0.2, 0.25) is 0 Å². The quantitative estimate of drug-likeness (QED) is 0.356. The van der Waals surface area contributed by atoms with Crippen molar-refractivity contribution >= 4 is 28.2 Å². The molecule has 0 bridgehead atoms. The molecule has 2 heterocycles. The van der Waals surface area contributed by atoms with Crippen LogP contribution in [0.1, 0.15) is 28.9 Å². The Kier molecular flexibility index (Phi) is 8.14. The van der Waals surface area contributed by atoms with Gasteiger partial charge < -0.3 is 30.6 Å². The lowest BCUT2D eigenvalue weighted by molar-refractivity contribution is -0.140. The molecule has 3 aromatic rings. The lowest BCUT2D eigenvalue weighted by atomic mass is 10.1. The number of aromatic nitrogens is 1. The highest BCUT2D eigenvalue weighted by molar-refractivity contribution is 5.95. The minimum atomic E-state index is -4.39. The number of nitrogens with zero attached hydrogens (tertiary/aromatic N) is 1. The molecule has 37 heavy (non-hydrogen) atoms. The molecule has 1 saturated heterocycles. The number of carbonyl (C=O) groups excluding carboxylic acids is 1. The Morgan fingerprint density at radius 3 is 2.65 bits per heavy atom. The molecular weight excluding hydrogens is 483 g/mol. The molecular formula is C27H30F3N5O2. The van der Waals surface area contributed by atoms with Crippen LogP contribution in [0.3, 0.4) is 0 Å². The number of hydrogen-bond donors (Lipinski definition) is 4. The van der Waals surface area contributed by atoms with Gasteiger partial charge in [-0.25, -0.2) is 0 Å². The standard InChI is InChI=1S/C27H30F3N5O2/c1-31-26(36)18-8-9-23(25(15-18)37-2)33-12-4-5-20-16-21-22(34-19-10-13-32-14-11-19)6-3-7-24(21)35(20)17-27(28,29)30/h3,6-9,15-16,19,32-34H,10-14,17H2,1-2H3,(H,31,36). The first-order valence-electron chi connectivity index (χ1n) is 12.1. The van der Waals surface area contributed by atoms with E-state index < -0.39 is 12.7 Å². The molecule has 0 saturated carbocycles. The summed E-state index contributed by atoms with van der Waals surface area (Å²) >= 11 is 0. The van der Waals surface area contributed by atoms with Crippen LogP contribution in [0.4, 0.5) is 24.5 Å². The van der Waals surface area contributed by atoms with Gasteiger partial charge in [0.25, 0.3) is 5.91 Å². The fraction of sp³-hybridized carbons (Fsp3) is 0.370. The highest BCUT2D eigenvalue weighted by Gasteiger charge is 2.30. The Labute approximate surface area is 213 Å². The van der Waals surface area contributed by atoms with Gasteiger partial charge in [0.15, 0.2) is 0 Å². The normalized spacial score (nSPS) is 14.1. The number of ether oxygens (including phenoxy) is 1. The fourth-order valence-corrected chi connectivity index (χ4v) is 4.45. The third-order valence-corrected chi connectivity index (χ3v) is 6.26. The van der Waals surface area contributed by atoms with E-state index in [0.29, 0.717) is 27.9 Å². The number of fused-ring (bicyclic) bond motifs is 1. The smallest absolute Gasteiger partial charge is 0.406 e. The number of carbonyl (C=O) groups is 1. The number of amides is 1. The summed E-state index contributed by atoms with van der Waals surface area (Å²) in [5, 5.41) is 13.2. The van der Waals surface area contributed by atoms with E-state index in [1.807, 2.05) is 6.07 Å². The van der Waals surface area contributed by atoms with Crippen LogP contribution in [0.15, 0.2) is 42.5 Å². The van der Waals surface area contributed by atoms with Crippen molar-refractivity contribution in [2.75, 3.05) is 44.4 Å². The lowest BCUT2D eigenvalue weighted by Crippen LogP contribution is -2.35. The zero-order chi connectivity index (χ0) is 26.4. The van der Waals surface area contributed by atoms with Crippen molar-refractivity contribution in [1.29, 1.82) is 0 Å². The van der Waals surface area contributed by atoms with E-state index in [1.54, 1.807) is 43.4 Å². The highest BCUT2D eigenvalue weighted by Crippen LogP contribution is 2.31. The minimum absolute atomic E-state index is 0.170. The number of alkyl halides is 3. The average molecular weight is 514 g/mol. The van der Waals surface area contributed by atoms with Gasteiger partial charge in [0.2, 0.25) is 0 Å². The summed E-state index contributed by atoms with van der Waals surface area (Å²) in [7, 11) is 3.03. The molecule has 1 amide bonds. The predicted octanol–water partition coefficient (Wildman–Crippen LogP) is 4.20. The zero-order valence-electron chi connectivity index (χ0n) is 20.8. The van der Waals surface area contributed by atoms with E-state index in [4.69, 9.17) is 4.74 Å². The summed E-state index contributed by atoms with van der Waals surface area (Å²) in [5.74, 6) is 6.06.